The molecule has 1 aromatic heterocycles. The topological polar surface area (TPSA) is 66.7 Å². The van der Waals surface area contributed by atoms with E-state index in [0.717, 1.165) is 44.4 Å². The molecule has 0 spiro atoms. The molecule has 2 aromatic rings. The first-order chi connectivity index (χ1) is 14.7. The van der Waals surface area contributed by atoms with Crippen LogP contribution in [0.4, 0.5) is 0 Å². The zero-order valence-electron chi connectivity index (χ0n) is 18.6. The fourth-order valence-corrected chi connectivity index (χ4v) is 3.99. The molecular weight excluding hydrogens is 376 g/mol. The zero-order valence-corrected chi connectivity index (χ0v) is 18.6. The molecule has 2 unspecified atom stereocenters. The standard InChI is InChI=1S/C23H36N6O/c1-19(18-29-15-7-12-27-29)16-25-23(24-2)26-17-22(28-13-5-4-6-14-28)20-8-10-21(30-3)11-9-20/h7-12,15,19,22H,4-6,13-14,16-18H2,1-3H3,(H2,24,25,26). The summed E-state index contributed by atoms with van der Waals surface area (Å²) in [5.74, 6) is 2.19. The highest BCUT2D eigenvalue weighted by Gasteiger charge is 2.22. The van der Waals surface area contributed by atoms with Crippen LogP contribution < -0.4 is 15.4 Å². The Kier molecular flexibility index (Phi) is 8.56. The van der Waals surface area contributed by atoms with Crippen LogP contribution in [0.2, 0.25) is 0 Å². The molecule has 0 radical (unpaired) electrons. The van der Waals surface area contributed by atoms with Crippen LogP contribution in [-0.4, -0.2) is 61.0 Å². The molecule has 7 heteroatoms. The monoisotopic (exact) mass is 412 g/mol. The Labute approximate surface area is 180 Å². The molecular formula is C23H36N6O. The van der Waals surface area contributed by atoms with Gasteiger partial charge in [-0.2, -0.15) is 5.10 Å². The maximum absolute atomic E-state index is 5.34. The molecule has 1 aromatic carbocycles. The van der Waals surface area contributed by atoms with Crippen LogP contribution in [0.15, 0.2) is 47.7 Å². The van der Waals surface area contributed by atoms with Crippen LogP contribution in [0.3, 0.4) is 0 Å². The number of guanidine groups is 1. The van der Waals surface area contributed by atoms with Crippen molar-refractivity contribution in [1.82, 2.24) is 25.3 Å². The van der Waals surface area contributed by atoms with Crippen molar-refractivity contribution in [1.29, 1.82) is 0 Å². The number of piperidine rings is 1. The van der Waals surface area contributed by atoms with E-state index in [-0.39, 0.29) is 0 Å². The third-order valence-electron chi connectivity index (χ3n) is 5.69. The van der Waals surface area contributed by atoms with Gasteiger partial charge in [-0.05, 0) is 55.6 Å². The summed E-state index contributed by atoms with van der Waals surface area (Å²) in [5.41, 5.74) is 1.31. The quantitative estimate of drug-likeness (QED) is 0.490. The van der Waals surface area contributed by atoms with Gasteiger partial charge in [0.05, 0.1) is 13.2 Å². The molecule has 0 bridgehead atoms. The zero-order chi connectivity index (χ0) is 21.2. The molecule has 2 N–H and O–H groups in total. The highest BCUT2D eigenvalue weighted by Crippen LogP contribution is 2.25. The molecule has 164 valence electrons. The predicted octanol–water partition coefficient (Wildman–Crippen LogP) is 2.92. The van der Waals surface area contributed by atoms with Gasteiger partial charge in [-0.1, -0.05) is 25.5 Å². The lowest BCUT2D eigenvalue weighted by molar-refractivity contribution is 0.164. The van der Waals surface area contributed by atoms with Gasteiger partial charge in [-0.25, -0.2) is 0 Å². The number of likely N-dealkylation sites (tertiary alicyclic amines) is 1. The first kappa shape index (κ1) is 22.2. The average Bonchev–Trinajstić information content (AvgIpc) is 3.30. The summed E-state index contributed by atoms with van der Waals surface area (Å²) in [6.45, 7) is 7.06. The first-order valence-corrected chi connectivity index (χ1v) is 11.0. The maximum atomic E-state index is 5.34. The van der Waals surface area contributed by atoms with E-state index in [9.17, 15) is 0 Å². The Bertz CT molecular complexity index is 753. The molecule has 1 aliphatic rings. The fourth-order valence-electron chi connectivity index (χ4n) is 3.99. The molecule has 2 heterocycles. The van der Waals surface area contributed by atoms with Crippen LogP contribution in [0.5, 0.6) is 5.75 Å². The Morgan fingerprint density at radius 3 is 2.50 bits per heavy atom. The molecule has 0 amide bonds. The number of nitrogens with one attached hydrogen (secondary N) is 2. The number of nitrogens with zero attached hydrogens (tertiary/aromatic N) is 4. The van der Waals surface area contributed by atoms with Crippen molar-refractivity contribution < 1.29 is 4.74 Å². The van der Waals surface area contributed by atoms with Crippen molar-refractivity contribution in [3.8, 4) is 5.75 Å². The summed E-state index contributed by atoms with van der Waals surface area (Å²) in [7, 11) is 3.54. The van der Waals surface area contributed by atoms with Gasteiger partial charge >= 0.3 is 0 Å². The Balaban J connectivity index is 1.57. The number of hydrogen-bond acceptors (Lipinski definition) is 4. The summed E-state index contributed by atoms with van der Waals surface area (Å²) in [5, 5.41) is 11.3. The number of ether oxygens (including phenoxy) is 1. The molecule has 0 aliphatic carbocycles. The lowest BCUT2D eigenvalue weighted by Crippen LogP contribution is -2.45. The van der Waals surface area contributed by atoms with Crippen molar-refractivity contribution in [3.63, 3.8) is 0 Å². The van der Waals surface area contributed by atoms with Gasteiger partial charge in [0.15, 0.2) is 5.96 Å². The van der Waals surface area contributed by atoms with Crippen LogP contribution in [-0.2, 0) is 6.54 Å². The van der Waals surface area contributed by atoms with Crippen molar-refractivity contribution in [2.75, 3.05) is 40.3 Å². The van der Waals surface area contributed by atoms with Gasteiger partial charge < -0.3 is 15.4 Å². The predicted molar refractivity (Wildman–Crippen MR) is 122 cm³/mol. The van der Waals surface area contributed by atoms with Gasteiger partial charge in [0.25, 0.3) is 0 Å². The van der Waals surface area contributed by atoms with Crippen LogP contribution >= 0.6 is 0 Å². The smallest absolute Gasteiger partial charge is 0.191 e. The van der Waals surface area contributed by atoms with Crippen LogP contribution in [0.1, 0.15) is 37.8 Å². The minimum absolute atomic E-state index is 0.316. The number of methoxy groups -OCH3 is 1. The summed E-state index contributed by atoms with van der Waals surface area (Å²) in [6.07, 6.45) is 7.69. The van der Waals surface area contributed by atoms with E-state index in [1.807, 2.05) is 30.2 Å². The van der Waals surface area contributed by atoms with Gasteiger partial charge in [-0.3, -0.25) is 14.6 Å². The largest absolute Gasteiger partial charge is 0.497 e. The summed E-state index contributed by atoms with van der Waals surface area (Å²) in [4.78, 5) is 7.02. The number of aliphatic imine (C=N–C) groups is 1. The third kappa shape index (κ3) is 6.49. The Morgan fingerprint density at radius 1 is 1.13 bits per heavy atom. The molecule has 1 saturated heterocycles. The molecule has 1 fully saturated rings. The van der Waals surface area contributed by atoms with Crippen LogP contribution in [0.25, 0.3) is 0 Å². The lowest BCUT2D eigenvalue weighted by atomic mass is 10.0. The van der Waals surface area contributed by atoms with Gasteiger partial charge in [0.2, 0.25) is 0 Å². The molecule has 1 aliphatic heterocycles. The molecule has 7 nitrogen and oxygen atoms in total. The van der Waals surface area contributed by atoms with E-state index < -0.39 is 0 Å². The van der Waals surface area contributed by atoms with E-state index >= 15 is 0 Å². The van der Waals surface area contributed by atoms with Crippen molar-refractivity contribution in [3.05, 3.63) is 48.3 Å². The number of benzene rings is 1. The second-order valence-corrected chi connectivity index (χ2v) is 8.05. The van der Waals surface area contributed by atoms with Crippen molar-refractivity contribution >= 4 is 5.96 Å². The number of aromatic nitrogens is 2. The van der Waals surface area contributed by atoms with Crippen molar-refractivity contribution in [2.24, 2.45) is 10.9 Å². The Morgan fingerprint density at radius 2 is 1.87 bits per heavy atom. The van der Waals surface area contributed by atoms with E-state index in [0.29, 0.717) is 12.0 Å². The minimum Gasteiger partial charge on any atom is -0.497 e. The van der Waals surface area contributed by atoms with Crippen LogP contribution in [0, 0.1) is 5.92 Å². The highest BCUT2D eigenvalue weighted by atomic mass is 16.5. The van der Waals surface area contributed by atoms with E-state index in [4.69, 9.17) is 4.74 Å². The van der Waals surface area contributed by atoms with E-state index in [1.54, 1.807) is 7.11 Å². The third-order valence-corrected chi connectivity index (χ3v) is 5.69. The van der Waals surface area contributed by atoms with Gasteiger partial charge in [-0.15, -0.1) is 0 Å². The summed E-state index contributed by atoms with van der Waals surface area (Å²) < 4.78 is 7.31. The average molecular weight is 413 g/mol. The SMILES string of the molecule is CN=C(NCC(C)Cn1cccn1)NCC(c1ccc(OC)cc1)N1CCCCC1. The van der Waals surface area contributed by atoms with Gasteiger partial charge in [0, 0.05) is 39.1 Å². The summed E-state index contributed by atoms with van der Waals surface area (Å²) >= 11 is 0. The van der Waals surface area contributed by atoms with Crippen molar-refractivity contribution in [2.45, 2.75) is 38.8 Å². The second kappa shape index (κ2) is 11.6. The van der Waals surface area contributed by atoms with E-state index in [2.05, 4.69) is 56.8 Å². The highest BCUT2D eigenvalue weighted by molar-refractivity contribution is 5.79. The number of hydrogen-bond donors (Lipinski definition) is 2. The second-order valence-electron chi connectivity index (χ2n) is 8.05. The first-order valence-electron chi connectivity index (χ1n) is 11.0. The lowest BCUT2D eigenvalue weighted by Gasteiger charge is -2.35. The molecule has 2 atom stereocenters. The normalized spacial score (nSPS) is 17.4. The maximum Gasteiger partial charge on any atom is 0.191 e. The number of rotatable bonds is 9. The molecule has 30 heavy (non-hydrogen) atoms. The fraction of sp³-hybridized carbons (Fsp3) is 0.565. The van der Waals surface area contributed by atoms with Gasteiger partial charge in [0.1, 0.15) is 5.75 Å². The Hall–Kier alpha value is -2.54. The minimum atomic E-state index is 0.316. The molecule has 3 rings (SSSR count). The molecule has 0 saturated carbocycles. The summed E-state index contributed by atoms with van der Waals surface area (Å²) in [6, 6.07) is 10.7. The van der Waals surface area contributed by atoms with E-state index in [1.165, 1.54) is 24.8 Å².